The van der Waals surface area contributed by atoms with Gasteiger partial charge in [-0.05, 0) is 53.1 Å². The molecule has 1 aromatic heterocycles. The third kappa shape index (κ3) is 5.42. The fraction of sp³-hybridized carbons (Fsp3) is 0.120. The lowest BCUT2D eigenvalue weighted by Crippen LogP contribution is -2.30. The van der Waals surface area contributed by atoms with Crippen molar-refractivity contribution < 1.29 is 21.3 Å². The van der Waals surface area contributed by atoms with Gasteiger partial charge in [0.2, 0.25) is 10.0 Å². The monoisotopic (exact) mass is 481 g/mol. The quantitative estimate of drug-likeness (QED) is 0.363. The fourth-order valence-corrected chi connectivity index (χ4v) is 5.47. The summed E-state index contributed by atoms with van der Waals surface area (Å²) in [5.74, 6) is 0.507. The zero-order valence-corrected chi connectivity index (χ0v) is 19.6. The molecule has 0 atom stereocenters. The van der Waals surface area contributed by atoms with Crippen molar-refractivity contribution in [3.05, 3.63) is 109 Å². The van der Waals surface area contributed by atoms with Crippen LogP contribution in [0.25, 0.3) is 11.1 Å². The minimum absolute atomic E-state index is 0.0161. The van der Waals surface area contributed by atoms with Crippen molar-refractivity contribution in [3.63, 3.8) is 0 Å². The van der Waals surface area contributed by atoms with E-state index in [1.54, 1.807) is 12.1 Å². The third-order valence-corrected chi connectivity index (χ3v) is 8.16. The van der Waals surface area contributed by atoms with Crippen LogP contribution in [0.4, 0.5) is 0 Å². The summed E-state index contributed by atoms with van der Waals surface area (Å²) in [7, 11) is -7.35. The third-order valence-electron chi connectivity index (χ3n) is 5.22. The first kappa shape index (κ1) is 23.0. The molecule has 170 valence electrons. The number of furan rings is 1. The van der Waals surface area contributed by atoms with Gasteiger partial charge < -0.3 is 4.42 Å². The van der Waals surface area contributed by atoms with Crippen LogP contribution in [0.5, 0.6) is 0 Å². The minimum atomic E-state index is -3.92. The van der Waals surface area contributed by atoms with E-state index in [1.165, 1.54) is 34.8 Å². The van der Waals surface area contributed by atoms with Crippen LogP contribution in [0.15, 0.2) is 111 Å². The van der Waals surface area contributed by atoms with Crippen molar-refractivity contribution in [1.82, 2.24) is 4.31 Å². The van der Waals surface area contributed by atoms with Crippen LogP contribution in [-0.4, -0.2) is 27.4 Å². The average Bonchev–Trinajstić information content (AvgIpc) is 3.32. The second-order valence-corrected chi connectivity index (χ2v) is 11.6. The SMILES string of the molecule is CS(=O)(=O)c1ccc(S(=O)(=O)N(Cc2ccc(-c3ccccc3)cc2)Cc2ccco2)cc1. The summed E-state index contributed by atoms with van der Waals surface area (Å²) >= 11 is 0. The number of sulfone groups is 1. The molecule has 0 fully saturated rings. The molecule has 6 nitrogen and oxygen atoms in total. The van der Waals surface area contributed by atoms with Crippen molar-refractivity contribution in [2.75, 3.05) is 6.26 Å². The van der Waals surface area contributed by atoms with Crippen LogP contribution in [0.2, 0.25) is 0 Å². The zero-order chi connectivity index (χ0) is 23.5. The van der Waals surface area contributed by atoms with Crippen LogP contribution >= 0.6 is 0 Å². The number of benzene rings is 3. The maximum absolute atomic E-state index is 13.4. The molecule has 0 aliphatic carbocycles. The Kier molecular flexibility index (Phi) is 6.51. The highest BCUT2D eigenvalue weighted by Gasteiger charge is 2.26. The van der Waals surface area contributed by atoms with Gasteiger partial charge in [0.05, 0.1) is 22.6 Å². The highest BCUT2D eigenvalue weighted by atomic mass is 32.2. The molecule has 1 heterocycles. The van der Waals surface area contributed by atoms with Gasteiger partial charge in [-0.3, -0.25) is 0 Å². The summed E-state index contributed by atoms with van der Waals surface area (Å²) < 4.78 is 57.1. The van der Waals surface area contributed by atoms with Crippen molar-refractivity contribution in [2.24, 2.45) is 0 Å². The van der Waals surface area contributed by atoms with Crippen LogP contribution in [-0.2, 0) is 33.0 Å². The molecule has 4 aromatic rings. The second-order valence-electron chi connectivity index (χ2n) is 7.66. The van der Waals surface area contributed by atoms with E-state index in [-0.39, 0.29) is 22.9 Å². The van der Waals surface area contributed by atoms with Crippen molar-refractivity contribution in [3.8, 4) is 11.1 Å². The maximum atomic E-state index is 13.4. The van der Waals surface area contributed by atoms with Crippen LogP contribution in [0, 0.1) is 0 Å². The van der Waals surface area contributed by atoms with Gasteiger partial charge in [-0.1, -0.05) is 54.6 Å². The molecule has 4 rings (SSSR count). The van der Waals surface area contributed by atoms with Gasteiger partial charge in [0.25, 0.3) is 0 Å². The largest absolute Gasteiger partial charge is 0.468 e. The summed E-state index contributed by atoms with van der Waals surface area (Å²) in [6.07, 6.45) is 2.58. The first-order chi connectivity index (χ1) is 15.7. The minimum Gasteiger partial charge on any atom is -0.468 e. The van der Waals surface area contributed by atoms with Gasteiger partial charge in [-0.15, -0.1) is 0 Å². The van der Waals surface area contributed by atoms with Gasteiger partial charge >= 0.3 is 0 Å². The van der Waals surface area contributed by atoms with E-state index in [0.717, 1.165) is 22.9 Å². The number of nitrogens with zero attached hydrogens (tertiary/aromatic N) is 1. The molecular weight excluding hydrogens is 458 g/mol. The molecule has 0 bridgehead atoms. The van der Waals surface area contributed by atoms with E-state index >= 15 is 0 Å². The van der Waals surface area contributed by atoms with E-state index in [1.807, 2.05) is 54.6 Å². The first-order valence-corrected chi connectivity index (χ1v) is 13.5. The van der Waals surface area contributed by atoms with Crippen LogP contribution in [0.1, 0.15) is 11.3 Å². The van der Waals surface area contributed by atoms with Crippen molar-refractivity contribution in [2.45, 2.75) is 22.9 Å². The van der Waals surface area contributed by atoms with Gasteiger partial charge in [-0.2, -0.15) is 4.31 Å². The Morgan fingerprint density at radius 1 is 0.667 bits per heavy atom. The average molecular weight is 482 g/mol. The smallest absolute Gasteiger partial charge is 0.243 e. The number of hydrogen-bond acceptors (Lipinski definition) is 5. The van der Waals surface area contributed by atoms with Crippen molar-refractivity contribution >= 4 is 19.9 Å². The van der Waals surface area contributed by atoms with E-state index in [2.05, 4.69) is 0 Å². The normalized spacial score (nSPS) is 12.2. The second kappa shape index (κ2) is 9.35. The lowest BCUT2D eigenvalue weighted by Gasteiger charge is -2.22. The molecule has 0 unspecified atom stereocenters. The highest BCUT2D eigenvalue weighted by molar-refractivity contribution is 7.90. The Morgan fingerprint density at radius 2 is 1.27 bits per heavy atom. The Balaban J connectivity index is 1.63. The number of sulfonamides is 1. The molecule has 0 saturated heterocycles. The summed E-state index contributed by atoms with van der Waals surface area (Å²) in [6.45, 7) is 0.176. The van der Waals surface area contributed by atoms with Crippen molar-refractivity contribution in [1.29, 1.82) is 0 Å². The molecular formula is C25H23NO5S2. The van der Waals surface area contributed by atoms with E-state index in [4.69, 9.17) is 4.42 Å². The molecule has 0 N–H and O–H groups in total. The molecule has 0 amide bonds. The van der Waals surface area contributed by atoms with Gasteiger partial charge in [-0.25, -0.2) is 16.8 Å². The first-order valence-electron chi connectivity index (χ1n) is 10.2. The predicted octanol–water partition coefficient (Wildman–Crippen LogP) is 4.74. The van der Waals surface area contributed by atoms with Gasteiger partial charge in [0.1, 0.15) is 5.76 Å². The Hall–Kier alpha value is -3.20. The predicted molar refractivity (Wildman–Crippen MR) is 127 cm³/mol. The molecule has 0 saturated carbocycles. The topological polar surface area (TPSA) is 84.7 Å². The molecule has 8 heteroatoms. The zero-order valence-electron chi connectivity index (χ0n) is 18.0. The maximum Gasteiger partial charge on any atom is 0.243 e. The van der Waals surface area contributed by atoms with Gasteiger partial charge in [0, 0.05) is 12.8 Å². The standard InChI is InChI=1S/C25H23NO5S2/c1-32(27,28)24-13-15-25(16-14-24)33(29,30)26(19-23-8-5-17-31-23)18-20-9-11-22(12-10-20)21-6-3-2-4-7-21/h2-17H,18-19H2,1H3. The summed E-state index contributed by atoms with van der Waals surface area (Å²) in [5.41, 5.74) is 2.93. The van der Waals surface area contributed by atoms with Gasteiger partial charge in [0.15, 0.2) is 9.84 Å². The molecule has 3 aromatic carbocycles. The molecule has 0 radical (unpaired) electrons. The summed E-state index contributed by atoms with van der Waals surface area (Å²) in [5, 5.41) is 0. The number of rotatable bonds is 8. The lowest BCUT2D eigenvalue weighted by molar-refractivity contribution is 0.358. The molecule has 0 aliphatic heterocycles. The Bertz CT molecular complexity index is 1410. The number of hydrogen-bond donors (Lipinski definition) is 0. The van der Waals surface area contributed by atoms with E-state index in [0.29, 0.717) is 5.76 Å². The Labute approximate surface area is 194 Å². The van der Waals surface area contributed by atoms with E-state index < -0.39 is 19.9 Å². The Morgan fingerprint density at radius 3 is 1.85 bits per heavy atom. The molecule has 33 heavy (non-hydrogen) atoms. The van der Waals surface area contributed by atoms with E-state index in [9.17, 15) is 16.8 Å². The van der Waals surface area contributed by atoms with Crippen LogP contribution < -0.4 is 0 Å². The lowest BCUT2D eigenvalue weighted by atomic mass is 10.0. The summed E-state index contributed by atoms with van der Waals surface area (Å²) in [6, 6.07) is 26.3. The molecule has 0 aliphatic rings. The fourth-order valence-electron chi connectivity index (χ4n) is 3.45. The molecule has 0 spiro atoms. The van der Waals surface area contributed by atoms with Crippen LogP contribution in [0.3, 0.4) is 0 Å². The summed E-state index contributed by atoms with van der Waals surface area (Å²) in [4.78, 5) is 0.0814. The highest BCUT2D eigenvalue weighted by Crippen LogP contribution is 2.25.